The number of rotatable bonds is 12. The predicted octanol–water partition coefficient (Wildman–Crippen LogP) is 2.06. The van der Waals surface area contributed by atoms with E-state index in [1.807, 2.05) is 0 Å². The summed E-state index contributed by atoms with van der Waals surface area (Å²) in [4.78, 5) is 65.6. The molecular formula is C27H32ClN5O8S3. The topological polar surface area (TPSA) is 191 Å². The second kappa shape index (κ2) is 15.3. The Morgan fingerprint density at radius 3 is 2.52 bits per heavy atom. The van der Waals surface area contributed by atoms with Crippen LogP contribution < -0.4 is 11.1 Å². The number of carbonyl (C=O) groups is 5. The molecule has 3 unspecified atom stereocenters. The van der Waals surface area contributed by atoms with E-state index in [-0.39, 0.29) is 29.2 Å². The number of aliphatic hydroxyl groups excluding tert-OH is 1. The molecule has 0 radical (unpaired) electrons. The van der Waals surface area contributed by atoms with Crippen LogP contribution in [-0.4, -0.2) is 84.4 Å². The van der Waals surface area contributed by atoms with Gasteiger partial charge in [-0.2, -0.15) is 0 Å². The number of Topliss-reactive ketones (excluding diaryl/α,β-unsaturated/α-hetero) is 1. The number of ketones is 1. The second-order valence-electron chi connectivity index (χ2n) is 10.1. The molecule has 238 valence electrons. The molecule has 4 N–H and O–H groups in total. The number of ether oxygens (including phenoxy) is 2. The minimum atomic E-state index is -1.74. The largest absolute Gasteiger partial charge is 0.425 e. The summed E-state index contributed by atoms with van der Waals surface area (Å²) in [6, 6.07) is 4.17. The quantitative estimate of drug-likeness (QED) is 0.0968. The number of nitrogens with one attached hydrogen (secondary N) is 1. The highest BCUT2D eigenvalue weighted by atomic mass is 35.5. The number of carbonyl (C=O) groups excluding carboxylic acids is 5. The van der Waals surface area contributed by atoms with Gasteiger partial charge in [0.05, 0.1) is 18.2 Å². The number of nitrogens with zero attached hydrogens (tertiary/aromatic N) is 3. The number of aliphatic hydroxyl groups is 1. The number of fused-ring (bicyclic) bond motifs is 1. The van der Waals surface area contributed by atoms with E-state index >= 15 is 0 Å². The van der Waals surface area contributed by atoms with Crippen molar-refractivity contribution in [3.05, 3.63) is 52.9 Å². The highest BCUT2D eigenvalue weighted by Crippen LogP contribution is 2.42. The number of β-lactam (4-membered cyclic amide) rings is 1. The molecule has 0 saturated carbocycles. The van der Waals surface area contributed by atoms with E-state index in [1.54, 1.807) is 32.2 Å². The zero-order chi connectivity index (χ0) is 31.4. The molecule has 1 aromatic carbocycles. The van der Waals surface area contributed by atoms with Crippen molar-refractivity contribution in [3.63, 3.8) is 0 Å². The normalized spacial score (nSPS) is 19.6. The summed E-state index contributed by atoms with van der Waals surface area (Å²) in [5.41, 5.74) is 6.50. The fourth-order valence-corrected chi connectivity index (χ4v) is 7.18. The first-order valence-corrected chi connectivity index (χ1v) is 16.1. The van der Waals surface area contributed by atoms with Gasteiger partial charge in [0.15, 0.2) is 11.9 Å². The van der Waals surface area contributed by atoms with Crippen molar-refractivity contribution in [1.29, 1.82) is 0 Å². The van der Waals surface area contributed by atoms with Crippen LogP contribution >= 0.6 is 47.5 Å². The monoisotopic (exact) mass is 685 g/mol. The summed E-state index contributed by atoms with van der Waals surface area (Å²) in [7, 11) is 0. The van der Waals surface area contributed by atoms with Crippen LogP contribution in [0.3, 0.4) is 0 Å². The fourth-order valence-electron chi connectivity index (χ4n) is 4.27. The SMILES string of the molecule is CC(OC(=O)C1=C(CSc2cnns2)CS[C@H]2C(NC(=O)C(O)c3ccccc3C(=O)[C@H](C)N)C(=O)N12)OC(=O)C(C)C.Cl. The number of hydrogen-bond acceptors (Lipinski definition) is 14. The molecule has 3 heterocycles. The van der Waals surface area contributed by atoms with Gasteiger partial charge in [-0.15, -0.1) is 41.0 Å². The van der Waals surface area contributed by atoms with E-state index in [0.29, 0.717) is 17.1 Å². The van der Waals surface area contributed by atoms with Gasteiger partial charge in [0, 0.05) is 29.6 Å². The number of nitrogens with two attached hydrogens (primary N) is 1. The summed E-state index contributed by atoms with van der Waals surface area (Å²) in [5, 5.41) is 16.5. The molecule has 0 bridgehead atoms. The average Bonchev–Trinajstić information content (AvgIpc) is 3.50. The molecule has 4 rings (SSSR count). The smallest absolute Gasteiger partial charge is 0.358 e. The Labute approximate surface area is 272 Å². The Balaban J connectivity index is 0.00000529. The highest BCUT2D eigenvalue weighted by Gasteiger charge is 2.55. The standard InChI is InChI=1S/C27H31N5O8S3.ClH/c1-12(2)26(37)39-14(4)40-27(38)20-15(10-41-18-9-29-31-43-18)11-42-25-19(24(36)32(20)25)30-23(35)22(34)17-8-6-5-7-16(17)21(33)13(3)28;/h5-9,12-14,19,22,25,34H,10-11,28H2,1-4H3,(H,30,35);1H/t13-,14?,19?,22?,25-;/m0./s1. The maximum Gasteiger partial charge on any atom is 0.358 e. The van der Waals surface area contributed by atoms with Gasteiger partial charge < -0.3 is 25.6 Å². The third-order valence-electron chi connectivity index (χ3n) is 6.48. The van der Waals surface area contributed by atoms with Crippen molar-refractivity contribution in [2.24, 2.45) is 11.7 Å². The fraction of sp³-hybridized carbons (Fsp3) is 0.444. The lowest BCUT2D eigenvalue weighted by atomic mass is 9.95. The summed E-state index contributed by atoms with van der Waals surface area (Å²) in [6.07, 6.45) is -1.36. The summed E-state index contributed by atoms with van der Waals surface area (Å²) in [6.45, 7) is 6.19. The molecule has 2 aromatic rings. The van der Waals surface area contributed by atoms with Gasteiger partial charge in [0.1, 0.15) is 21.3 Å². The molecule has 1 saturated heterocycles. The van der Waals surface area contributed by atoms with E-state index < -0.39 is 65.3 Å². The predicted molar refractivity (Wildman–Crippen MR) is 166 cm³/mol. The lowest BCUT2D eigenvalue weighted by Gasteiger charge is -2.50. The molecule has 5 atom stereocenters. The van der Waals surface area contributed by atoms with E-state index in [1.165, 1.54) is 65.9 Å². The number of thioether (sulfide) groups is 2. The van der Waals surface area contributed by atoms with Gasteiger partial charge >= 0.3 is 11.9 Å². The summed E-state index contributed by atoms with van der Waals surface area (Å²) in [5.74, 6) is -3.09. The molecule has 1 fully saturated rings. The molecule has 2 aliphatic rings. The van der Waals surface area contributed by atoms with Crippen LogP contribution in [0.15, 0.2) is 45.9 Å². The van der Waals surface area contributed by atoms with E-state index in [9.17, 15) is 29.1 Å². The van der Waals surface area contributed by atoms with Gasteiger partial charge in [-0.05, 0) is 24.0 Å². The van der Waals surface area contributed by atoms with Crippen LogP contribution in [0.4, 0.5) is 0 Å². The van der Waals surface area contributed by atoms with Crippen molar-refractivity contribution in [1.82, 2.24) is 19.8 Å². The maximum atomic E-state index is 13.4. The van der Waals surface area contributed by atoms with Gasteiger partial charge in [-0.25, -0.2) is 4.79 Å². The number of esters is 2. The van der Waals surface area contributed by atoms with Crippen LogP contribution in [0.5, 0.6) is 0 Å². The highest BCUT2D eigenvalue weighted by molar-refractivity contribution is 8.01. The number of amides is 2. The third-order valence-corrected chi connectivity index (χ3v) is 9.74. The number of halogens is 1. The molecule has 2 aliphatic heterocycles. The van der Waals surface area contributed by atoms with Gasteiger partial charge in [0.2, 0.25) is 6.29 Å². The van der Waals surface area contributed by atoms with Crippen LogP contribution in [-0.2, 0) is 28.7 Å². The van der Waals surface area contributed by atoms with Crippen molar-refractivity contribution in [2.45, 2.75) is 61.8 Å². The first-order valence-electron chi connectivity index (χ1n) is 13.3. The van der Waals surface area contributed by atoms with Gasteiger partial charge in [0.25, 0.3) is 11.8 Å². The minimum absolute atomic E-state index is 0. The number of hydrogen-bond donors (Lipinski definition) is 3. The molecule has 17 heteroatoms. The molecule has 0 aliphatic carbocycles. The van der Waals surface area contributed by atoms with Crippen LogP contribution in [0.25, 0.3) is 0 Å². The minimum Gasteiger partial charge on any atom is -0.425 e. The van der Waals surface area contributed by atoms with Gasteiger partial charge in [-0.3, -0.25) is 24.1 Å². The molecule has 2 amide bonds. The average molecular weight is 686 g/mol. The molecule has 13 nitrogen and oxygen atoms in total. The van der Waals surface area contributed by atoms with Crippen molar-refractivity contribution >= 4 is 77.0 Å². The van der Waals surface area contributed by atoms with E-state index in [0.717, 1.165) is 4.21 Å². The van der Waals surface area contributed by atoms with Crippen LogP contribution in [0.2, 0.25) is 0 Å². The zero-order valence-corrected chi connectivity index (χ0v) is 27.4. The van der Waals surface area contributed by atoms with Gasteiger partial charge in [-0.1, -0.05) is 42.6 Å². The first kappa shape index (κ1) is 35.5. The van der Waals surface area contributed by atoms with Crippen molar-refractivity contribution in [2.75, 3.05) is 11.5 Å². The Bertz CT molecular complexity index is 1440. The van der Waals surface area contributed by atoms with Crippen molar-refractivity contribution in [3.8, 4) is 0 Å². The number of benzene rings is 1. The second-order valence-corrected chi connectivity index (χ2v) is 13.2. The Morgan fingerprint density at radius 2 is 1.89 bits per heavy atom. The van der Waals surface area contributed by atoms with Crippen LogP contribution in [0.1, 0.15) is 49.7 Å². The molecular weight excluding hydrogens is 654 g/mol. The first-order chi connectivity index (χ1) is 20.4. The molecule has 0 spiro atoms. The van der Waals surface area contributed by atoms with Crippen LogP contribution in [0, 0.1) is 5.92 Å². The zero-order valence-electron chi connectivity index (χ0n) is 24.1. The summed E-state index contributed by atoms with van der Waals surface area (Å²) < 4.78 is 15.2. The Morgan fingerprint density at radius 1 is 1.18 bits per heavy atom. The number of aromatic nitrogens is 2. The van der Waals surface area contributed by atoms with E-state index in [2.05, 4.69) is 14.9 Å². The Kier molecular flexibility index (Phi) is 12.3. The lowest BCUT2D eigenvalue weighted by Crippen LogP contribution is -2.71. The molecule has 44 heavy (non-hydrogen) atoms. The maximum absolute atomic E-state index is 13.4. The van der Waals surface area contributed by atoms with Crippen molar-refractivity contribution < 1.29 is 38.6 Å². The lowest BCUT2D eigenvalue weighted by molar-refractivity contribution is -0.186. The Hall–Kier alpha value is -3.02. The third kappa shape index (κ3) is 7.79. The van der Waals surface area contributed by atoms with E-state index in [4.69, 9.17) is 15.2 Å². The summed E-state index contributed by atoms with van der Waals surface area (Å²) >= 11 is 3.91. The molecule has 1 aromatic heterocycles.